The van der Waals surface area contributed by atoms with Gasteiger partial charge in [-0.15, -0.1) is 0 Å². The summed E-state index contributed by atoms with van der Waals surface area (Å²) in [5.74, 6) is -5.83. The van der Waals surface area contributed by atoms with E-state index < -0.39 is 50.5 Å². The minimum absolute atomic E-state index is 0.0258. The van der Waals surface area contributed by atoms with E-state index in [1.165, 1.54) is 0 Å². The van der Waals surface area contributed by atoms with Crippen molar-refractivity contribution in [3.05, 3.63) is 0 Å². The predicted octanol–water partition coefficient (Wildman–Crippen LogP) is 4.27. The number of rotatable bonds is 13. The molecule has 0 aromatic heterocycles. The smallest absolute Gasteiger partial charge is 0.411 e. The summed E-state index contributed by atoms with van der Waals surface area (Å²) in [6, 6.07) is 0. The average molecular weight is 404 g/mol. The SMILES string of the molecule is O=C(OCCCCOCC(F)(F)F)C(F)(F)COCCCCC(F)(F)F. The van der Waals surface area contributed by atoms with Crippen LogP contribution in [-0.2, 0) is 19.0 Å². The van der Waals surface area contributed by atoms with Gasteiger partial charge in [0.05, 0.1) is 6.61 Å². The number of carbonyl (C=O) groups is 1. The molecule has 0 spiro atoms. The molecule has 0 heterocycles. The molecule has 0 unspecified atom stereocenters. The molecule has 0 atom stereocenters. The van der Waals surface area contributed by atoms with Gasteiger partial charge in [0.2, 0.25) is 0 Å². The second-order valence-corrected chi connectivity index (χ2v) is 5.34. The summed E-state index contributed by atoms with van der Waals surface area (Å²) < 4.78 is 111. The highest BCUT2D eigenvalue weighted by Crippen LogP contribution is 2.22. The summed E-state index contributed by atoms with van der Waals surface area (Å²) in [5, 5.41) is 0. The molecule has 4 nitrogen and oxygen atoms in total. The van der Waals surface area contributed by atoms with Gasteiger partial charge in [0.25, 0.3) is 0 Å². The third-order valence-corrected chi connectivity index (χ3v) is 2.76. The van der Waals surface area contributed by atoms with Gasteiger partial charge in [-0.2, -0.15) is 35.1 Å². The van der Waals surface area contributed by atoms with E-state index in [4.69, 9.17) is 0 Å². The number of alkyl halides is 8. The lowest BCUT2D eigenvalue weighted by Gasteiger charge is -2.15. The maximum absolute atomic E-state index is 13.3. The first-order valence-electron chi connectivity index (χ1n) is 7.67. The van der Waals surface area contributed by atoms with Crippen molar-refractivity contribution in [2.45, 2.75) is 50.4 Å². The Morgan fingerprint density at radius 1 is 0.654 bits per heavy atom. The predicted molar refractivity (Wildman–Crippen MR) is 72.7 cm³/mol. The third kappa shape index (κ3) is 15.1. The van der Waals surface area contributed by atoms with Crippen molar-refractivity contribution in [1.82, 2.24) is 0 Å². The lowest BCUT2D eigenvalue weighted by molar-refractivity contribution is -0.181. The van der Waals surface area contributed by atoms with Crippen LogP contribution in [0.2, 0.25) is 0 Å². The molecule has 0 saturated carbocycles. The average Bonchev–Trinajstić information content (AvgIpc) is 2.47. The van der Waals surface area contributed by atoms with E-state index in [9.17, 15) is 39.9 Å². The van der Waals surface area contributed by atoms with Gasteiger partial charge in [-0.05, 0) is 25.7 Å². The summed E-state index contributed by atoms with van der Waals surface area (Å²) in [6.45, 7) is -3.82. The van der Waals surface area contributed by atoms with E-state index in [0.29, 0.717) is 0 Å². The molecule has 0 saturated heterocycles. The van der Waals surface area contributed by atoms with Crippen LogP contribution in [0.1, 0.15) is 32.1 Å². The first-order valence-corrected chi connectivity index (χ1v) is 7.67. The van der Waals surface area contributed by atoms with E-state index in [1.807, 2.05) is 0 Å². The molecule has 0 aliphatic carbocycles. The van der Waals surface area contributed by atoms with Crippen molar-refractivity contribution < 1.29 is 54.1 Å². The zero-order valence-corrected chi connectivity index (χ0v) is 13.7. The monoisotopic (exact) mass is 404 g/mol. The Morgan fingerprint density at radius 2 is 1.15 bits per heavy atom. The van der Waals surface area contributed by atoms with Gasteiger partial charge < -0.3 is 14.2 Å². The van der Waals surface area contributed by atoms with Crippen LogP contribution in [0.3, 0.4) is 0 Å². The number of hydrogen-bond acceptors (Lipinski definition) is 4. The largest absolute Gasteiger partial charge is 0.461 e. The van der Waals surface area contributed by atoms with Crippen LogP contribution in [-0.4, -0.2) is 57.3 Å². The Labute approximate surface area is 144 Å². The highest BCUT2D eigenvalue weighted by atomic mass is 19.4. The van der Waals surface area contributed by atoms with Crippen LogP contribution in [0, 0.1) is 0 Å². The summed E-state index contributed by atoms with van der Waals surface area (Å²) in [6.07, 6.45) is -10.1. The molecule has 12 heteroatoms. The number of esters is 1. The minimum Gasteiger partial charge on any atom is -0.461 e. The van der Waals surface area contributed by atoms with E-state index in [2.05, 4.69) is 14.2 Å². The molecule has 0 rings (SSSR count). The fourth-order valence-corrected chi connectivity index (χ4v) is 1.55. The fraction of sp³-hybridized carbons (Fsp3) is 0.929. The van der Waals surface area contributed by atoms with Crippen LogP contribution in [0.5, 0.6) is 0 Å². The van der Waals surface area contributed by atoms with E-state index in [1.54, 1.807) is 0 Å². The highest BCUT2D eigenvalue weighted by molar-refractivity contribution is 5.77. The van der Waals surface area contributed by atoms with E-state index in [0.717, 1.165) is 0 Å². The molecule has 26 heavy (non-hydrogen) atoms. The normalized spacial score (nSPS) is 13.1. The van der Waals surface area contributed by atoms with Crippen LogP contribution >= 0.6 is 0 Å². The van der Waals surface area contributed by atoms with Gasteiger partial charge in [0, 0.05) is 19.6 Å². The lowest BCUT2D eigenvalue weighted by atomic mass is 10.2. The van der Waals surface area contributed by atoms with E-state index >= 15 is 0 Å². The molecular formula is C14H20F8O4. The van der Waals surface area contributed by atoms with Gasteiger partial charge in [-0.25, -0.2) is 4.79 Å². The summed E-state index contributed by atoms with van der Waals surface area (Å²) in [7, 11) is 0. The second kappa shape index (κ2) is 11.5. The Bertz CT molecular complexity index is 395. The van der Waals surface area contributed by atoms with Crippen molar-refractivity contribution in [2.24, 2.45) is 0 Å². The quantitative estimate of drug-likeness (QED) is 0.261. The number of unbranched alkanes of at least 4 members (excludes halogenated alkanes) is 2. The third-order valence-electron chi connectivity index (χ3n) is 2.76. The van der Waals surface area contributed by atoms with Crippen LogP contribution in [0.4, 0.5) is 35.1 Å². The molecule has 0 radical (unpaired) electrons. The molecular weight excluding hydrogens is 384 g/mol. The highest BCUT2D eigenvalue weighted by Gasteiger charge is 2.41. The van der Waals surface area contributed by atoms with E-state index in [-0.39, 0.29) is 38.9 Å². The standard InChI is InChI=1S/C14H20F8O4/c15-12(16,9-24-6-2-1-5-13(17,18)19)11(23)26-8-4-3-7-25-10-14(20,21)22/h1-10H2. The topological polar surface area (TPSA) is 44.8 Å². The Hall–Kier alpha value is -1.17. The maximum atomic E-state index is 13.3. The number of ether oxygens (including phenoxy) is 3. The Morgan fingerprint density at radius 3 is 1.69 bits per heavy atom. The van der Waals surface area contributed by atoms with Crippen molar-refractivity contribution in [1.29, 1.82) is 0 Å². The Kier molecular flexibility index (Phi) is 11.0. The van der Waals surface area contributed by atoms with Gasteiger partial charge in [0.15, 0.2) is 0 Å². The van der Waals surface area contributed by atoms with Gasteiger partial charge in [0.1, 0.15) is 13.2 Å². The molecule has 0 aromatic carbocycles. The molecule has 0 fully saturated rings. The second-order valence-electron chi connectivity index (χ2n) is 5.34. The molecule has 0 aliphatic rings. The fourth-order valence-electron chi connectivity index (χ4n) is 1.55. The minimum atomic E-state index is -4.46. The van der Waals surface area contributed by atoms with Crippen molar-refractivity contribution in [3.8, 4) is 0 Å². The molecule has 0 N–H and O–H groups in total. The zero-order valence-electron chi connectivity index (χ0n) is 13.7. The van der Waals surface area contributed by atoms with Gasteiger partial charge in [-0.1, -0.05) is 0 Å². The Balaban J connectivity index is 3.72. The number of halogens is 8. The number of carbonyl (C=O) groups excluding carboxylic acids is 1. The molecule has 156 valence electrons. The summed E-state index contributed by atoms with van der Waals surface area (Å²) >= 11 is 0. The van der Waals surface area contributed by atoms with Crippen LogP contribution < -0.4 is 0 Å². The lowest BCUT2D eigenvalue weighted by Crippen LogP contribution is -2.36. The van der Waals surface area contributed by atoms with Crippen molar-refractivity contribution >= 4 is 5.97 Å². The molecule has 0 aliphatic heterocycles. The van der Waals surface area contributed by atoms with Crippen molar-refractivity contribution in [2.75, 3.05) is 33.0 Å². The molecule has 0 amide bonds. The maximum Gasteiger partial charge on any atom is 0.411 e. The van der Waals surface area contributed by atoms with Crippen LogP contribution in [0.25, 0.3) is 0 Å². The van der Waals surface area contributed by atoms with Gasteiger partial charge in [-0.3, -0.25) is 0 Å². The molecule has 0 aromatic rings. The zero-order chi connectivity index (χ0) is 20.3. The first-order chi connectivity index (χ1) is 11.8. The van der Waals surface area contributed by atoms with Gasteiger partial charge >= 0.3 is 24.2 Å². The van der Waals surface area contributed by atoms with Crippen molar-refractivity contribution in [3.63, 3.8) is 0 Å². The molecule has 0 bridgehead atoms. The first kappa shape index (κ1) is 24.8. The summed E-state index contributed by atoms with van der Waals surface area (Å²) in [4.78, 5) is 11.2. The number of hydrogen-bond donors (Lipinski definition) is 0. The summed E-state index contributed by atoms with van der Waals surface area (Å²) in [5.41, 5.74) is 0. The van der Waals surface area contributed by atoms with Crippen LogP contribution in [0.15, 0.2) is 0 Å².